The van der Waals surface area contributed by atoms with E-state index in [1.807, 2.05) is 4.90 Å². The molecular formula is C21H14Cl2F2N6. The highest BCUT2D eigenvalue weighted by Crippen LogP contribution is 2.38. The second-order valence-corrected chi connectivity index (χ2v) is 8.20. The van der Waals surface area contributed by atoms with Gasteiger partial charge in [0.25, 0.3) is 0 Å². The molecule has 2 aliphatic rings. The minimum atomic E-state index is -0.760. The summed E-state index contributed by atoms with van der Waals surface area (Å²) >= 11 is 12.8. The van der Waals surface area contributed by atoms with Crippen LogP contribution in [-0.2, 0) is 0 Å². The van der Waals surface area contributed by atoms with E-state index in [9.17, 15) is 8.78 Å². The van der Waals surface area contributed by atoms with E-state index in [0.29, 0.717) is 30.5 Å². The molecule has 0 amide bonds. The lowest BCUT2D eigenvalue weighted by molar-refractivity contribution is 0.493. The van der Waals surface area contributed by atoms with Crippen LogP contribution in [0.25, 0.3) is 5.69 Å². The molecule has 0 spiro atoms. The zero-order chi connectivity index (χ0) is 21.9. The van der Waals surface area contributed by atoms with Crippen LogP contribution < -0.4 is 4.90 Å². The summed E-state index contributed by atoms with van der Waals surface area (Å²) in [5.41, 5.74) is 0.503. The van der Waals surface area contributed by atoms with Gasteiger partial charge in [-0.25, -0.2) is 13.5 Å². The van der Waals surface area contributed by atoms with Crippen LogP contribution in [0.15, 0.2) is 35.3 Å². The van der Waals surface area contributed by atoms with Crippen molar-refractivity contribution >= 4 is 34.9 Å². The first kappa shape index (κ1) is 19.9. The number of halogens is 4. The molecule has 1 fully saturated rings. The van der Waals surface area contributed by atoms with E-state index in [1.165, 1.54) is 18.2 Å². The summed E-state index contributed by atoms with van der Waals surface area (Å²) in [6.07, 6.45) is 0. The van der Waals surface area contributed by atoms with E-state index < -0.39 is 17.7 Å². The van der Waals surface area contributed by atoms with Gasteiger partial charge in [0, 0.05) is 18.7 Å². The Hall–Kier alpha value is -3.02. The third-order valence-corrected chi connectivity index (χ3v) is 6.21. The molecule has 2 aromatic carbocycles. The molecule has 1 atom stereocenters. The quantitative estimate of drug-likeness (QED) is 0.556. The Balaban J connectivity index is 1.73. The fraction of sp³-hybridized carbons (Fsp3) is 0.238. The second-order valence-electron chi connectivity index (χ2n) is 7.42. The lowest BCUT2D eigenvalue weighted by atomic mass is 9.99. The van der Waals surface area contributed by atoms with Gasteiger partial charge in [-0.2, -0.15) is 10.2 Å². The van der Waals surface area contributed by atoms with E-state index in [1.54, 1.807) is 23.7 Å². The monoisotopic (exact) mass is 458 g/mol. The van der Waals surface area contributed by atoms with E-state index in [0.717, 1.165) is 0 Å². The van der Waals surface area contributed by atoms with Crippen molar-refractivity contribution in [3.63, 3.8) is 0 Å². The number of anilines is 1. The van der Waals surface area contributed by atoms with Gasteiger partial charge >= 0.3 is 0 Å². The normalized spacial score (nSPS) is 17.9. The standard InChI is InChI=1S/C21H14Cl2F2N6/c1-10-20-28-21(30-8-11(7-26)9-30)29-31(20)15-6-5-12(22)18(23)17(15)19(27-10)16-13(24)3-2-4-14(16)25/h2-6,10-11H,8-9H2,1H3/t10-/m0/s1. The van der Waals surface area contributed by atoms with Crippen molar-refractivity contribution < 1.29 is 8.78 Å². The molecule has 156 valence electrons. The Labute approximate surface area is 186 Å². The van der Waals surface area contributed by atoms with Crippen LogP contribution in [0.5, 0.6) is 0 Å². The highest BCUT2D eigenvalue weighted by Gasteiger charge is 2.34. The molecule has 0 bridgehead atoms. The van der Waals surface area contributed by atoms with Crippen LogP contribution in [0.1, 0.15) is 29.9 Å². The summed E-state index contributed by atoms with van der Waals surface area (Å²) in [6.45, 7) is 2.84. The third kappa shape index (κ3) is 3.08. The summed E-state index contributed by atoms with van der Waals surface area (Å²) < 4.78 is 31.0. The molecule has 10 heteroatoms. The SMILES string of the molecule is C[C@@H]1N=C(c2c(F)cccc2F)c2c(ccc(Cl)c2Cl)-n2nc(N3CC(C#N)C3)nc21. The van der Waals surface area contributed by atoms with Gasteiger partial charge in [-0.15, -0.1) is 5.10 Å². The van der Waals surface area contributed by atoms with Gasteiger partial charge in [0.15, 0.2) is 5.82 Å². The van der Waals surface area contributed by atoms with Gasteiger partial charge in [-0.1, -0.05) is 29.3 Å². The Bertz CT molecular complexity index is 1270. The average Bonchev–Trinajstić information content (AvgIpc) is 3.09. The van der Waals surface area contributed by atoms with Gasteiger partial charge in [0.05, 0.1) is 39.0 Å². The maximum atomic E-state index is 14.7. The number of rotatable bonds is 2. The molecule has 0 saturated carbocycles. The number of aliphatic imine (C=N–C) groups is 1. The Morgan fingerprint density at radius 2 is 1.81 bits per heavy atom. The van der Waals surface area contributed by atoms with Gasteiger partial charge in [0.2, 0.25) is 5.95 Å². The lowest BCUT2D eigenvalue weighted by Crippen LogP contribution is -2.46. The van der Waals surface area contributed by atoms with Crippen molar-refractivity contribution in [1.29, 1.82) is 5.26 Å². The van der Waals surface area contributed by atoms with E-state index in [-0.39, 0.29) is 32.8 Å². The number of fused-ring (bicyclic) bond motifs is 3. The summed E-state index contributed by atoms with van der Waals surface area (Å²) in [6, 6.07) is 8.52. The van der Waals surface area contributed by atoms with Crippen LogP contribution >= 0.6 is 23.2 Å². The third-order valence-electron chi connectivity index (χ3n) is 5.40. The van der Waals surface area contributed by atoms with Crippen molar-refractivity contribution in [2.24, 2.45) is 10.9 Å². The zero-order valence-electron chi connectivity index (χ0n) is 16.2. The molecule has 3 heterocycles. The molecule has 0 N–H and O–H groups in total. The van der Waals surface area contributed by atoms with Crippen LogP contribution in [-0.4, -0.2) is 33.6 Å². The number of hydrogen-bond donors (Lipinski definition) is 0. The summed E-state index contributed by atoms with van der Waals surface area (Å²) in [7, 11) is 0. The maximum absolute atomic E-state index is 14.7. The first-order chi connectivity index (χ1) is 14.9. The molecular weight excluding hydrogens is 445 g/mol. The van der Waals surface area contributed by atoms with Crippen LogP contribution in [0.4, 0.5) is 14.7 Å². The van der Waals surface area contributed by atoms with Crippen molar-refractivity contribution in [3.8, 4) is 11.8 Å². The molecule has 1 aromatic heterocycles. The Morgan fingerprint density at radius 3 is 2.48 bits per heavy atom. The molecule has 6 nitrogen and oxygen atoms in total. The largest absolute Gasteiger partial charge is 0.337 e. The Morgan fingerprint density at radius 1 is 1.10 bits per heavy atom. The predicted molar refractivity (Wildman–Crippen MR) is 113 cm³/mol. The van der Waals surface area contributed by atoms with Crippen LogP contribution in [0.2, 0.25) is 10.0 Å². The lowest BCUT2D eigenvalue weighted by Gasteiger charge is -2.34. The highest BCUT2D eigenvalue weighted by atomic mass is 35.5. The second kappa shape index (κ2) is 7.29. The summed E-state index contributed by atoms with van der Waals surface area (Å²) in [5, 5.41) is 14.0. The van der Waals surface area contributed by atoms with Crippen LogP contribution in [0, 0.1) is 28.9 Å². The molecule has 5 rings (SSSR count). The van der Waals surface area contributed by atoms with Crippen molar-refractivity contribution in [3.05, 3.63) is 69.0 Å². The average molecular weight is 459 g/mol. The summed E-state index contributed by atoms with van der Waals surface area (Å²) in [5.74, 6) is -0.633. The number of aromatic nitrogens is 3. The van der Waals surface area contributed by atoms with Gasteiger partial charge in [-0.3, -0.25) is 4.99 Å². The van der Waals surface area contributed by atoms with E-state index in [2.05, 4.69) is 21.1 Å². The first-order valence-corrected chi connectivity index (χ1v) is 10.3. The fourth-order valence-electron chi connectivity index (χ4n) is 3.79. The minimum absolute atomic E-state index is 0.0490. The van der Waals surface area contributed by atoms with Gasteiger partial charge in [0.1, 0.15) is 17.7 Å². The fourth-order valence-corrected chi connectivity index (χ4v) is 4.20. The molecule has 0 aliphatic carbocycles. The smallest absolute Gasteiger partial charge is 0.245 e. The Kier molecular flexibility index (Phi) is 4.68. The zero-order valence-corrected chi connectivity index (χ0v) is 17.7. The van der Waals surface area contributed by atoms with Crippen molar-refractivity contribution in [2.45, 2.75) is 13.0 Å². The van der Waals surface area contributed by atoms with Crippen molar-refractivity contribution in [2.75, 3.05) is 18.0 Å². The highest BCUT2D eigenvalue weighted by molar-refractivity contribution is 6.45. The predicted octanol–water partition coefficient (Wildman–Crippen LogP) is 4.72. The molecule has 2 aliphatic heterocycles. The number of hydrogen-bond acceptors (Lipinski definition) is 5. The van der Waals surface area contributed by atoms with Gasteiger partial charge < -0.3 is 4.90 Å². The summed E-state index contributed by atoms with van der Waals surface area (Å²) in [4.78, 5) is 11.1. The van der Waals surface area contributed by atoms with E-state index >= 15 is 0 Å². The number of nitriles is 1. The molecule has 0 unspecified atom stereocenters. The van der Waals surface area contributed by atoms with Gasteiger partial charge in [-0.05, 0) is 31.2 Å². The number of nitrogens with zero attached hydrogens (tertiary/aromatic N) is 6. The molecule has 1 saturated heterocycles. The minimum Gasteiger partial charge on any atom is -0.337 e. The van der Waals surface area contributed by atoms with Crippen molar-refractivity contribution in [1.82, 2.24) is 14.8 Å². The molecule has 31 heavy (non-hydrogen) atoms. The van der Waals surface area contributed by atoms with Crippen LogP contribution in [0.3, 0.4) is 0 Å². The topological polar surface area (TPSA) is 70.1 Å². The molecule has 0 radical (unpaired) electrons. The first-order valence-electron chi connectivity index (χ1n) is 9.51. The van der Waals surface area contributed by atoms with E-state index in [4.69, 9.17) is 28.5 Å². The molecule has 3 aromatic rings. The maximum Gasteiger partial charge on any atom is 0.245 e. The number of benzene rings is 2.